The van der Waals surface area contributed by atoms with Crippen LogP contribution >= 0.6 is 0 Å². The SMILES string of the molecule is Cc1ccc([C@H]2c3cccn3CCN2C(=O)CN(C(=O)c2ccco2)C(C)(C)C)cc1. The van der Waals surface area contributed by atoms with E-state index in [0.717, 1.165) is 17.8 Å². The number of rotatable bonds is 4. The van der Waals surface area contributed by atoms with Gasteiger partial charge in [-0.1, -0.05) is 29.8 Å². The van der Waals surface area contributed by atoms with E-state index < -0.39 is 5.54 Å². The third-order valence-electron chi connectivity index (χ3n) is 5.83. The lowest BCUT2D eigenvalue weighted by atomic mass is 9.98. The topological polar surface area (TPSA) is 58.7 Å². The van der Waals surface area contributed by atoms with Gasteiger partial charge in [-0.25, -0.2) is 0 Å². The minimum absolute atomic E-state index is 0.00783. The summed E-state index contributed by atoms with van der Waals surface area (Å²) in [7, 11) is 0. The van der Waals surface area contributed by atoms with Crippen LogP contribution < -0.4 is 0 Å². The summed E-state index contributed by atoms with van der Waals surface area (Å²) < 4.78 is 7.51. The van der Waals surface area contributed by atoms with Crippen LogP contribution in [-0.4, -0.2) is 44.8 Å². The predicted octanol–water partition coefficient (Wildman–Crippen LogP) is 4.26. The van der Waals surface area contributed by atoms with E-state index in [1.54, 1.807) is 17.0 Å². The lowest BCUT2D eigenvalue weighted by molar-refractivity contribution is -0.135. The first-order valence-electron chi connectivity index (χ1n) is 10.6. The largest absolute Gasteiger partial charge is 0.459 e. The minimum Gasteiger partial charge on any atom is -0.459 e. The zero-order valence-electron chi connectivity index (χ0n) is 18.5. The van der Waals surface area contributed by atoms with Gasteiger partial charge in [-0.2, -0.15) is 0 Å². The van der Waals surface area contributed by atoms with Crippen LogP contribution in [0.2, 0.25) is 0 Å². The van der Waals surface area contributed by atoms with Crippen LogP contribution in [-0.2, 0) is 11.3 Å². The zero-order valence-corrected chi connectivity index (χ0v) is 18.5. The summed E-state index contributed by atoms with van der Waals surface area (Å²) >= 11 is 0. The molecule has 0 saturated heterocycles. The standard InChI is InChI=1S/C25H29N3O3/c1-18-9-11-19(12-10-18)23-20-7-5-13-26(20)14-15-27(23)22(29)17-28(25(2,3)4)24(30)21-8-6-16-31-21/h5-13,16,23H,14-15,17H2,1-4H3/t23-/m0/s1. The van der Waals surface area contributed by atoms with Crippen LogP contribution in [0.4, 0.5) is 0 Å². The van der Waals surface area contributed by atoms with E-state index in [9.17, 15) is 9.59 Å². The van der Waals surface area contributed by atoms with Gasteiger partial charge in [0, 0.05) is 30.5 Å². The first kappa shape index (κ1) is 21.0. The van der Waals surface area contributed by atoms with Gasteiger partial charge in [-0.3, -0.25) is 9.59 Å². The number of fused-ring (bicyclic) bond motifs is 1. The summed E-state index contributed by atoms with van der Waals surface area (Å²) in [5.41, 5.74) is 2.80. The van der Waals surface area contributed by atoms with E-state index in [-0.39, 0.29) is 30.2 Å². The lowest BCUT2D eigenvalue weighted by Crippen LogP contribution is -2.53. The molecule has 162 valence electrons. The fourth-order valence-corrected chi connectivity index (χ4v) is 4.12. The van der Waals surface area contributed by atoms with Gasteiger partial charge in [0.05, 0.1) is 12.3 Å². The zero-order chi connectivity index (χ0) is 22.2. The third-order valence-corrected chi connectivity index (χ3v) is 5.83. The van der Waals surface area contributed by atoms with Crippen LogP contribution in [0.15, 0.2) is 65.4 Å². The van der Waals surface area contributed by atoms with E-state index in [1.165, 1.54) is 11.8 Å². The molecule has 3 heterocycles. The normalized spacial score (nSPS) is 16.1. The molecule has 1 aliphatic rings. The molecule has 0 aliphatic carbocycles. The van der Waals surface area contributed by atoms with Crippen molar-refractivity contribution in [3.05, 3.63) is 83.6 Å². The Morgan fingerprint density at radius 1 is 1.06 bits per heavy atom. The second-order valence-electron chi connectivity index (χ2n) is 9.07. The first-order valence-corrected chi connectivity index (χ1v) is 10.6. The molecule has 0 fully saturated rings. The second-order valence-corrected chi connectivity index (χ2v) is 9.07. The van der Waals surface area contributed by atoms with Gasteiger partial charge < -0.3 is 18.8 Å². The number of aromatic nitrogens is 1. The van der Waals surface area contributed by atoms with E-state index >= 15 is 0 Å². The smallest absolute Gasteiger partial charge is 0.290 e. The molecule has 2 amide bonds. The van der Waals surface area contributed by atoms with Crippen molar-refractivity contribution in [2.24, 2.45) is 0 Å². The maximum absolute atomic E-state index is 13.6. The van der Waals surface area contributed by atoms with Crippen LogP contribution in [0.3, 0.4) is 0 Å². The second kappa shape index (κ2) is 8.10. The van der Waals surface area contributed by atoms with E-state index in [1.807, 2.05) is 31.7 Å². The average Bonchev–Trinajstić information content (AvgIpc) is 3.42. The molecule has 31 heavy (non-hydrogen) atoms. The molecule has 0 unspecified atom stereocenters. The number of hydrogen-bond acceptors (Lipinski definition) is 3. The fourth-order valence-electron chi connectivity index (χ4n) is 4.12. The van der Waals surface area contributed by atoms with Crippen LogP contribution in [0.5, 0.6) is 0 Å². The molecule has 6 nitrogen and oxygen atoms in total. The molecule has 0 saturated carbocycles. The molecule has 1 aliphatic heterocycles. The van der Waals surface area contributed by atoms with Crippen molar-refractivity contribution in [3.8, 4) is 0 Å². The van der Waals surface area contributed by atoms with Crippen molar-refractivity contribution < 1.29 is 14.0 Å². The molecule has 4 rings (SSSR count). The van der Waals surface area contributed by atoms with Gasteiger partial charge >= 0.3 is 0 Å². The predicted molar refractivity (Wildman–Crippen MR) is 119 cm³/mol. The Hall–Kier alpha value is -3.28. The highest BCUT2D eigenvalue weighted by Gasteiger charge is 2.36. The van der Waals surface area contributed by atoms with Crippen molar-refractivity contribution in [2.45, 2.75) is 45.8 Å². The quantitative estimate of drug-likeness (QED) is 0.635. The number of amides is 2. The molecular formula is C25H29N3O3. The Labute approximate surface area is 183 Å². The summed E-state index contributed by atoms with van der Waals surface area (Å²) in [5.74, 6) is -0.115. The number of furan rings is 1. The molecule has 3 aromatic rings. The molecule has 0 N–H and O–H groups in total. The number of carbonyl (C=O) groups excluding carboxylic acids is 2. The van der Waals surface area contributed by atoms with Crippen molar-refractivity contribution >= 4 is 11.8 Å². The van der Waals surface area contributed by atoms with Crippen LogP contribution in [0, 0.1) is 6.92 Å². The van der Waals surface area contributed by atoms with Gasteiger partial charge in [0.15, 0.2) is 5.76 Å². The number of aryl methyl sites for hydroxylation is 1. The summed E-state index contributed by atoms with van der Waals surface area (Å²) in [6.07, 6.45) is 3.53. The van der Waals surface area contributed by atoms with E-state index in [4.69, 9.17) is 4.42 Å². The first-order chi connectivity index (χ1) is 14.8. The molecule has 6 heteroatoms. The van der Waals surface area contributed by atoms with Gasteiger partial charge in [-0.15, -0.1) is 0 Å². The van der Waals surface area contributed by atoms with Crippen molar-refractivity contribution in [1.82, 2.24) is 14.4 Å². The fraction of sp³-hybridized carbons (Fsp3) is 0.360. The average molecular weight is 420 g/mol. The molecular weight excluding hydrogens is 390 g/mol. The Morgan fingerprint density at radius 3 is 2.45 bits per heavy atom. The summed E-state index contributed by atoms with van der Waals surface area (Å²) in [6.45, 7) is 9.16. The number of carbonyl (C=O) groups is 2. The van der Waals surface area contributed by atoms with Crippen molar-refractivity contribution in [2.75, 3.05) is 13.1 Å². The maximum Gasteiger partial charge on any atom is 0.290 e. The Bertz CT molecular complexity index is 1060. The number of hydrogen-bond donors (Lipinski definition) is 0. The molecule has 0 bridgehead atoms. The highest BCUT2D eigenvalue weighted by Crippen LogP contribution is 2.33. The van der Waals surface area contributed by atoms with Crippen molar-refractivity contribution in [3.63, 3.8) is 0 Å². The molecule has 1 aromatic carbocycles. The third kappa shape index (κ3) is 4.15. The van der Waals surface area contributed by atoms with E-state index in [0.29, 0.717) is 6.54 Å². The highest BCUT2D eigenvalue weighted by molar-refractivity contribution is 5.95. The summed E-state index contributed by atoms with van der Waals surface area (Å²) in [6, 6.07) is 15.5. The van der Waals surface area contributed by atoms with Gasteiger partial charge in [-0.05, 0) is 57.5 Å². The Balaban J connectivity index is 1.65. The summed E-state index contributed by atoms with van der Waals surface area (Å²) in [5, 5.41) is 0. The maximum atomic E-state index is 13.6. The Kier molecular flexibility index (Phi) is 5.48. The van der Waals surface area contributed by atoms with Crippen LogP contribution in [0.1, 0.15) is 54.2 Å². The van der Waals surface area contributed by atoms with Crippen molar-refractivity contribution in [1.29, 1.82) is 0 Å². The number of benzene rings is 1. The molecule has 0 spiro atoms. The molecule has 0 radical (unpaired) electrons. The molecule has 1 atom stereocenters. The monoisotopic (exact) mass is 419 g/mol. The lowest BCUT2D eigenvalue weighted by Gasteiger charge is -2.40. The highest BCUT2D eigenvalue weighted by atomic mass is 16.3. The van der Waals surface area contributed by atoms with Gasteiger partial charge in [0.2, 0.25) is 5.91 Å². The summed E-state index contributed by atoms with van der Waals surface area (Å²) in [4.78, 5) is 30.2. The van der Waals surface area contributed by atoms with E-state index in [2.05, 4.69) is 48.0 Å². The number of nitrogens with zero attached hydrogens (tertiary/aromatic N) is 3. The Morgan fingerprint density at radius 2 is 1.81 bits per heavy atom. The van der Waals surface area contributed by atoms with Gasteiger partial charge in [0.1, 0.15) is 6.54 Å². The molecule has 2 aromatic heterocycles. The minimum atomic E-state index is -0.533. The van der Waals surface area contributed by atoms with Gasteiger partial charge in [0.25, 0.3) is 5.91 Å². The van der Waals surface area contributed by atoms with Crippen LogP contribution in [0.25, 0.3) is 0 Å².